The van der Waals surface area contributed by atoms with E-state index in [1.807, 2.05) is 13.0 Å². The number of rotatable bonds is 4. The van der Waals surface area contributed by atoms with Gasteiger partial charge in [0.1, 0.15) is 5.69 Å². The molecule has 0 spiro atoms. The first-order chi connectivity index (χ1) is 9.40. The minimum Gasteiger partial charge on any atom is -0.386 e. The van der Waals surface area contributed by atoms with Gasteiger partial charge in [0.15, 0.2) is 0 Å². The zero-order valence-corrected chi connectivity index (χ0v) is 11.0. The topological polar surface area (TPSA) is 67.1 Å². The van der Waals surface area contributed by atoms with Gasteiger partial charge in [-0.1, -0.05) is 0 Å². The van der Waals surface area contributed by atoms with Crippen LogP contribution in [0.1, 0.15) is 12.6 Å². The molecule has 0 radical (unpaired) electrons. The number of hydrogen-bond donors (Lipinski definition) is 2. The van der Waals surface area contributed by atoms with E-state index < -0.39 is 11.9 Å². The smallest absolute Gasteiger partial charge is 0.386 e. The van der Waals surface area contributed by atoms with Crippen molar-refractivity contribution < 1.29 is 13.2 Å². The van der Waals surface area contributed by atoms with E-state index in [0.717, 1.165) is 12.3 Å². The number of nitrogens with zero attached hydrogens (tertiary/aromatic N) is 3. The fourth-order valence-electron chi connectivity index (χ4n) is 2.03. The van der Waals surface area contributed by atoms with E-state index in [0.29, 0.717) is 25.5 Å². The SMILES string of the molecule is CCN(C[C@H]1C=C(N)NC1)c1nccc(C(F)(F)F)n1. The number of hydrogen-bond acceptors (Lipinski definition) is 5. The maximum Gasteiger partial charge on any atom is 0.433 e. The van der Waals surface area contributed by atoms with Crippen molar-refractivity contribution in [2.45, 2.75) is 13.1 Å². The molecule has 1 aliphatic rings. The van der Waals surface area contributed by atoms with Gasteiger partial charge in [0.2, 0.25) is 5.95 Å². The molecule has 0 saturated carbocycles. The molecular weight excluding hydrogens is 271 g/mol. The van der Waals surface area contributed by atoms with E-state index >= 15 is 0 Å². The molecule has 0 amide bonds. The van der Waals surface area contributed by atoms with E-state index in [1.54, 1.807) is 4.90 Å². The molecule has 3 N–H and O–H groups in total. The van der Waals surface area contributed by atoms with Crippen molar-refractivity contribution in [3.8, 4) is 0 Å². The summed E-state index contributed by atoms with van der Waals surface area (Å²) < 4.78 is 37.9. The van der Waals surface area contributed by atoms with Gasteiger partial charge in [0, 0.05) is 31.7 Å². The van der Waals surface area contributed by atoms with Crippen molar-refractivity contribution in [3.63, 3.8) is 0 Å². The molecule has 2 rings (SSSR count). The lowest BCUT2D eigenvalue weighted by molar-refractivity contribution is -0.141. The monoisotopic (exact) mass is 287 g/mol. The average molecular weight is 287 g/mol. The fraction of sp³-hybridized carbons (Fsp3) is 0.500. The molecule has 8 heteroatoms. The Balaban J connectivity index is 2.15. The summed E-state index contributed by atoms with van der Waals surface area (Å²) in [6.07, 6.45) is -1.47. The van der Waals surface area contributed by atoms with Crippen LogP contribution in [-0.4, -0.2) is 29.6 Å². The first kappa shape index (κ1) is 14.4. The molecule has 0 unspecified atom stereocenters. The molecule has 0 bridgehead atoms. The van der Waals surface area contributed by atoms with E-state index in [9.17, 15) is 13.2 Å². The molecule has 2 heterocycles. The molecule has 0 aliphatic carbocycles. The second-order valence-corrected chi connectivity index (χ2v) is 4.54. The molecule has 20 heavy (non-hydrogen) atoms. The predicted octanol–water partition coefficient (Wildman–Crippen LogP) is 1.34. The standard InChI is InChI=1S/C12H16F3N5/c1-2-20(7-8-5-10(16)18-6-8)11-17-4-3-9(19-11)12(13,14)15/h3-5,8,18H,2,6-7,16H2,1H3/t8-/m0/s1. The van der Waals surface area contributed by atoms with Crippen molar-refractivity contribution in [1.82, 2.24) is 15.3 Å². The zero-order chi connectivity index (χ0) is 14.8. The van der Waals surface area contributed by atoms with Crippen molar-refractivity contribution in [3.05, 3.63) is 29.9 Å². The van der Waals surface area contributed by atoms with Gasteiger partial charge in [-0.2, -0.15) is 13.2 Å². The van der Waals surface area contributed by atoms with Crippen LogP contribution in [0, 0.1) is 5.92 Å². The van der Waals surface area contributed by atoms with Crippen LogP contribution < -0.4 is 16.0 Å². The van der Waals surface area contributed by atoms with E-state index in [-0.39, 0.29) is 11.9 Å². The quantitative estimate of drug-likeness (QED) is 0.875. The van der Waals surface area contributed by atoms with E-state index in [4.69, 9.17) is 5.73 Å². The highest BCUT2D eigenvalue weighted by Gasteiger charge is 2.33. The van der Waals surface area contributed by atoms with Gasteiger partial charge >= 0.3 is 6.18 Å². The van der Waals surface area contributed by atoms with Crippen LogP contribution in [0.25, 0.3) is 0 Å². The Bertz CT molecular complexity index is 500. The van der Waals surface area contributed by atoms with Crippen LogP contribution in [0.3, 0.4) is 0 Å². The Labute approximate surface area is 114 Å². The summed E-state index contributed by atoms with van der Waals surface area (Å²) in [5, 5.41) is 2.98. The maximum absolute atomic E-state index is 12.6. The minimum atomic E-state index is -4.46. The van der Waals surface area contributed by atoms with Crippen molar-refractivity contribution in [1.29, 1.82) is 0 Å². The van der Waals surface area contributed by atoms with Gasteiger partial charge in [-0.3, -0.25) is 0 Å². The Morgan fingerprint density at radius 1 is 1.50 bits per heavy atom. The molecule has 0 aromatic carbocycles. The van der Waals surface area contributed by atoms with Crippen LogP contribution in [-0.2, 0) is 6.18 Å². The molecule has 1 aliphatic heterocycles. The summed E-state index contributed by atoms with van der Waals surface area (Å²) in [7, 11) is 0. The highest BCUT2D eigenvalue weighted by molar-refractivity contribution is 5.31. The second kappa shape index (κ2) is 5.56. The molecule has 5 nitrogen and oxygen atoms in total. The lowest BCUT2D eigenvalue weighted by Gasteiger charge is -2.23. The molecule has 110 valence electrons. The third-order valence-electron chi connectivity index (χ3n) is 3.04. The summed E-state index contributed by atoms with van der Waals surface area (Å²) in [5.41, 5.74) is 4.68. The number of anilines is 1. The van der Waals surface area contributed by atoms with Crippen LogP contribution in [0.2, 0.25) is 0 Å². The van der Waals surface area contributed by atoms with Crippen LogP contribution in [0.15, 0.2) is 24.2 Å². The van der Waals surface area contributed by atoms with Crippen LogP contribution in [0.5, 0.6) is 0 Å². The average Bonchev–Trinajstić information content (AvgIpc) is 2.81. The van der Waals surface area contributed by atoms with Gasteiger partial charge in [-0.15, -0.1) is 0 Å². The minimum absolute atomic E-state index is 0.0844. The van der Waals surface area contributed by atoms with Crippen LogP contribution >= 0.6 is 0 Å². The summed E-state index contributed by atoms with van der Waals surface area (Å²) in [6.45, 7) is 3.55. The first-order valence-electron chi connectivity index (χ1n) is 6.26. The molecule has 1 atom stereocenters. The van der Waals surface area contributed by atoms with E-state index in [2.05, 4.69) is 15.3 Å². The summed E-state index contributed by atoms with van der Waals surface area (Å²) in [6, 6.07) is 0.867. The number of aromatic nitrogens is 2. The number of alkyl halides is 3. The fourth-order valence-corrected chi connectivity index (χ4v) is 2.03. The predicted molar refractivity (Wildman–Crippen MR) is 68.7 cm³/mol. The molecular formula is C12H16F3N5. The highest BCUT2D eigenvalue weighted by atomic mass is 19.4. The lowest BCUT2D eigenvalue weighted by Crippen LogP contribution is -2.32. The molecule has 1 aromatic rings. The van der Waals surface area contributed by atoms with Crippen molar-refractivity contribution in [2.75, 3.05) is 24.5 Å². The van der Waals surface area contributed by atoms with Crippen molar-refractivity contribution in [2.24, 2.45) is 11.7 Å². The number of nitrogens with one attached hydrogen (secondary N) is 1. The highest BCUT2D eigenvalue weighted by Crippen LogP contribution is 2.28. The summed E-state index contributed by atoms with van der Waals surface area (Å²) in [5.74, 6) is 0.810. The Morgan fingerprint density at radius 2 is 2.25 bits per heavy atom. The van der Waals surface area contributed by atoms with Gasteiger partial charge in [0.05, 0.1) is 5.82 Å². The third-order valence-corrected chi connectivity index (χ3v) is 3.04. The normalized spacial score (nSPS) is 18.6. The van der Waals surface area contributed by atoms with Gasteiger partial charge in [-0.05, 0) is 19.1 Å². The number of halogens is 3. The third kappa shape index (κ3) is 3.31. The molecule has 1 aromatic heterocycles. The summed E-state index contributed by atoms with van der Waals surface area (Å²) in [4.78, 5) is 9.23. The second-order valence-electron chi connectivity index (χ2n) is 4.54. The Hall–Kier alpha value is -1.99. The summed E-state index contributed by atoms with van der Waals surface area (Å²) >= 11 is 0. The Morgan fingerprint density at radius 3 is 2.80 bits per heavy atom. The van der Waals surface area contributed by atoms with E-state index in [1.165, 1.54) is 0 Å². The van der Waals surface area contributed by atoms with Crippen molar-refractivity contribution >= 4 is 5.95 Å². The largest absolute Gasteiger partial charge is 0.433 e. The number of nitrogens with two attached hydrogens (primary N) is 1. The first-order valence-corrected chi connectivity index (χ1v) is 6.26. The molecule has 0 saturated heterocycles. The zero-order valence-electron chi connectivity index (χ0n) is 11.0. The lowest BCUT2D eigenvalue weighted by atomic mass is 10.1. The van der Waals surface area contributed by atoms with Gasteiger partial charge in [-0.25, -0.2) is 9.97 Å². The molecule has 0 fully saturated rings. The van der Waals surface area contributed by atoms with Gasteiger partial charge in [0.25, 0.3) is 0 Å². The van der Waals surface area contributed by atoms with Gasteiger partial charge < -0.3 is 16.0 Å². The maximum atomic E-state index is 12.6. The van der Waals surface area contributed by atoms with Crippen LogP contribution in [0.4, 0.5) is 19.1 Å². The Kier molecular flexibility index (Phi) is 4.01.